The lowest BCUT2D eigenvalue weighted by atomic mass is 9.80. The first-order valence-electron chi connectivity index (χ1n) is 7.36. The summed E-state index contributed by atoms with van der Waals surface area (Å²) in [5, 5.41) is 15.1. The average Bonchev–Trinajstić information content (AvgIpc) is 2.75. The lowest BCUT2D eigenvalue weighted by Gasteiger charge is -2.30. The fraction of sp³-hybridized carbons (Fsp3) is 0.278. The highest BCUT2D eigenvalue weighted by Crippen LogP contribution is 2.51. The Morgan fingerprint density at radius 3 is 2.76 bits per heavy atom. The molecule has 106 valence electrons. The van der Waals surface area contributed by atoms with Gasteiger partial charge in [-0.05, 0) is 28.5 Å². The van der Waals surface area contributed by atoms with Crippen LogP contribution in [0.3, 0.4) is 0 Å². The van der Waals surface area contributed by atoms with Crippen molar-refractivity contribution >= 4 is 22.2 Å². The van der Waals surface area contributed by atoms with Crippen LogP contribution in [0.1, 0.15) is 25.8 Å². The highest BCUT2D eigenvalue weighted by Gasteiger charge is 2.42. The van der Waals surface area contributed by atoms with E-state index >= 15 is 0 Å². The highest BCUT2D eigenvalue weighted by atomic mass is 16.4. The molecular weight excluding hydrogens is 260 g/mol. The third-order valence-corrected chi connectivity index (χ3v) is 4.78. The van der Waals surface area contributed by atoms with E-state index in [1.165, 1.54) is 27.7 Å². The van der Waals surface area contributed by atoms with Gasteiger partial charge in [0.1, 0.15) is 0 Å². The van der Waals surface area contributed by atoms with Gasteiger partial charge in [-0.2, -0.15) is 0 Å². The fourth-order valence-corrected chi connectivity index (χ4v) is 3.77. The van der Waals surface area contributed by atoms with Gasteiger partial charge in [-0.25, -0.2) is 0 Å². The summed E-state index contributed by atoms with van der Waals surface area (Å²) in [6.45, 7) is 5.38. The van der Waals surface area contributed by atoms with Crippen molar-refractivity contribution in [2.75, 3.05) is 11.4 Å². The minimum absolute atomic E-state index is 0.0768. The molecular formula is C18H18N2O. The summed E-state index contributed by atoms with van der Waals surface area (Å²) in [6, 6.07) is 13.0. The SMILES string of the molecule is CC1(C)C2=C/C(=N\O)CCN2c2ccc3ccccc3c21. The number of hydrogen-bond donors (Lipinski definition) is 1. The van der Waals surface area contributed by atoms with E-state index in [9.17, 15) is 0 Å². The minimum Gasteiger partial charge on any atom is -0.411 e. The largest absolute Gasteiger partial charge is 0.411 e. The normalized spacial score (nSPS) is 21.3. The summed E-state index contributed by atoms with van der Waals surface area (Å²) in [5.74, 6) is 0. The third-order valence-electron chi connectivity index (χ3n) is 4.78. The number of hydrogen-bond acceptors (Lipinski definition) is 3. The molecule has 2 aliphatic rings. The topological polar surface area (TPSA) is 35.8 Å². The Bertz CT molecular complexity index is 802. The van der Waals surface area contributed by atoms with Crippen LogP contribution in [0.2, 0.25) is 0 Å². The van der Waals surface area contributed by atoms with E-state index < -0.39 is 0 Å². The van der Waals surface area contributed by atoms with Crippen molar-refractivity contribution in [1.29, 1.82) is 0 Å². The van der Waals surface area contributed by atoms with Gasteiger partial charge in [-0.3, -0.25) is 0 Å². The van der Waals surface area contributed by atoms with Crippen LogP contribution in [-0.2, 0) is 5.41 Å². The second kappa shape index (κ2) is 4.10. The summed E-state index contributed by atoms with van der Waals surface area (Å²) < 4.78 is 0. The monoisotopic (exact) mass is 278 g/mol. The summed E-state index contributed by atoms with van der Waals surface area (Å²) in [7, 11) is 0. The average molecular weight is 278 g/mol. The molecule has 0 radical (unpaired) electrons. The zero-order valence-electron chi connectivity index (χ0n) is 12.3. The summed E-state index contributed by atoms with van der Waals surface area (Å²) in [5.41, 5.74) is 4.60. The Kier molecular flexibility index (Phi) is 2.43. The van der Waals surface area contributed by atoms with Gasteiger partial charge in [0.05, 0.1) is 5.71 Å². The van der Waals surface area contributed by atoms with E-state index in [1.807, 2.05) is 6.08 Å². The third kappa shape index (κ3) is 1.57. The van der Waals surface area contributed by atoms with Gasteiger partial charge in [0.2, 0.25) is 0 Å². The number of oxime groups is 1. The number of fused-ring (bicyclic) bond motifs is 5. The van der Waals surface area contributed by atoms with Crippen LogP contribution in [0.15, 0.2) is 53.3 Å². The van der Waals surface area contributed by atoms with E-state index in [0.29, 0.717) is 0 Å². The van der Waals surface area contributed by atoms with Crippen LogP contribution in [0.4, 0.5) is 5.69 Å². The standard InChI is InChI=1S/C18H18N2O/c1-18(2)16-11-13(19-21)9-10-20(16)15-8-7-12-5-3-4-6-14(12)17(15)18/h3-8,11,21H,9-10H2,1-2H3/b19-13-. The summed E-state index contributed by atoms with van der Waals surface area (Å²) in [6.07, 6.45) is 2.82. The Hall–Kier alpha value is -2.29. The second-order valence-electron chi connectivity index (χ2n) is 6.33. The molecule has 2 heterocycles. The molecule has 0 aliphatic carbocycles. The van der Waals surface area contributed by atoms with E-state index in [4.69, 9.17) is 5.21 Å². The minimum atomic E-state index is -0.0768. The second-order valence-corrected chi connectivity index (χ2v) is 6.33. The zero-order valence-corrected chi connectivity index (χ0v) is 12.3. The molecule has 1 N–H and O–H groups in total. The Labute approximate surface area is 124 Å². The molecule has 3 heteroatoms. The van der Waals surface area contributed by atoms with Crippen molar-refractivity contribution in [3.63, 3.8) is 0 Å². The van der Waals surface area contributed by atoms with E-state index in [1.54, 1.807) is 0 Å². The van der Waals surface area contributed by atoms with Gasteiger partial charge in [0, 0.05) is 29.8 Å². The number of nitrogens with zero attached hydrogens (tertiary/aromatic N) is 2. The van der Waals surface area contributed by atoms with Crippen molar-refractivity contribution in [3.8, 4) is 0 Å². The van der Waals surface area contributed by atoms with Crippen LogP contribution in [0.5, 0.6) is 0 Å². The number of benzene rings is 2. The first-order valence-corrected chi connectivity index (χ1v) is 7.36. The zero-order chi connectivity index (χ0) is 14.6. The molecule has 0 atom stereocenters. The first-order chi connectivity index (χ1) is 10.1. The molecule has 21 heavy (non-hydrogen) atoms. The smallest absolute Gasteiger partial charge is 0.0831 e. The maximum absolute atomic E-state index is 9.09. The maximum atomic E-state index is 9.09. The van der Waals surface area contributed by atoms with Gasteiger partial charge in [-0.1, -0.05) is 49.3 Å². The molecule has 0 aromatic heterocycles. The van der Waals surface area contributed by atoms with Crippen LogP contribution in [-0.4, -0.2) is 17.5 Å². The number of rotatable bonds is 0. The van der Waals surface area contributed by atoms with Gasteiger partial charge >= 0.3 is 0 Å². The molecule has 0 saturated carbocycles. The molecule has 4 rings (SSSR count). The number of anilines is 1. The van der Waals surface area contributed by atoms with Crippen molar-refractivity contribution in [2.45, 2.75) is 25.7 Å². The lowest BCUT2D eigenvalue weighted by Crippen LogP contribution is -2.32. The van der Waals surface area contributed by atoms with Crippen molar-refractivity contribution in [3.05, 3.63) is 53.7 Å². The van der Waals surface area contributed by atoms with E-state index in [-0.39, 0.29) is 5.41 Å². The van der Waals surface area contributed by atoms with Gasteiger partial charge < -0.3 is 10.1 Å². The lowest BCUT2D eigenvalue weighted by molar-refractivity contribution is 0.318. The Balaban J connectivity index is 2.05. The first kappa shape index (κ1) is 12.5. The molecule has 0 amide bonds. The molecule has 0 spiro atoms. The molecule has 0 unspecified atom stereocenters. The molecule has 0 saturated heterocycles. The fourth-order valence-electron chi connectivity index (χ4n) is 3.77. The Morgan fingerprint density at radius 2 is 1.95 bits per heavy atom. The van der Waals surface area contributed by atoms with E-state index in [2.05, 4.69) is 60.3 Å². The van der Waals surface area contributed by atoms with Crippen molar-refractivity contribution in [1.82, 2.24) is 0 Å². The van der Waals surface area contributed by atoms with Gasteiger partial charge in [-0.15, -0.1) is 0 Å². The molecule has 0 fully saturated rings. The summed E-state index contributed by atoms with van der Waals surface area (Å²) >= 11 is 0. The molecule has 2 aromatic rings. The molecule has 2 aliphatic heterocycles. The highest BCUT2D eigenvalue weighted by molar-refractivity contribution is 6.01. The van der Waals surface area contributed by atoms with Gasteiger partial charge in [0.15, 0.2) is 0 Å². The van der Waals surface area contributed by atoms with E-state index in [0.717, 1.165) is 18.7 Å². The molecule has 0 bridgehead atoms. The summed E-state index contributed by atoms with van der Waals surface area (Å²) in [4.78, 5) is 2.37. The maximum Gasteiger partial charge on any atom is 0.0831 e. The predicted octanol–water partition coefficient (Wildman–Crippen LogP) is 4.06. The molecule has 3 nitrogen and oxygen atoms in total. The van der Waals surface area contributed by atoms with Crippen LogP contribution < -0.4 is 4.90 Å². The van der Waals surface area contributed by atoms with Crippen LogP contribution in [0.25, 0.3) is 10.8 Å². The van der Waals surface area contributed by atoms with Crippen molar-refractivity contribution < 1.29 is 5.21 Å². The van der Waals surface area contributed by atoms with Crippen molar-refractivity contribution in [2.24, 2.45) is 5.16 Å². The molecule has 2 aromatic carbocycles. The quantitative estimate of drug-likeness (QED) is 0.583. The van der Waals surface area contributed by atoms with Crippen LogP contribution in [0, 0.1) is 0 Å². The Morgan fingerprint density at radius 1 is 1.14 bits per heavy atom. The number of allylic oxidation sites excluding steroid dienone is 2. The van der Waals surface area contributed by atoms with Crippen LogP contribution >= 0.6 is 0 Å². The van der Waals surface area contributed by atoms with Gasteiger partial charge in [0.25, 0.3) is 0 Å². The predicted molar refractivity (Wildman–Crippen MR) is 86.2 cm³/mol.